The van der Waals surface area contributed by atoms with E-state index in [0.29, 0.717) is 35.4 Å². The summed E-state index contributed by atoms with van der Waals surface area (Å²) in [6.45, 7) is 5.27. The molecular weight excluding hydrogens is 571 g/mol. The summed E-state index contributed by atoms with van der Waals surface area (Å²) in [7, 11) is -4.09. The second kappa shape index (κ2) is 11.8. The molecule has 0 spiro atoms. The SMILES string of the molecule is Cc1c(-c2cc(C(=O)NS(=O)(=O)N3CCOCC3)c3c(OCCc4ccccc4)ccc(C)c3n2)sc2ccccc12. The zero-order valence-electron chi connectivity index (χ0n) is 23.4. The molecule has 0 bridgehead atoms. The lowest BCUT2D eigenvalue weighted by atomic mass is 10.0. The molecule has 3 heterocycles. The van der Waals surface area contributed by atoms with Crippen molar-refractivity contribution in [1.29, 1.82) is 0 Å². The number of pyridine rings is 1. The summed E-state index contributed by atoms with van der Waals surface area (Å²) in [4.78, 5) is 19.8. The van der Waals surface area contributed by atoms with E-state index in [1.54, 1.807) is 17.4 Å². The number of morpholine rings is 1. The number of nitrogens with zero attached hydrogens (tertiary/aromatic N) is 2. The fourth-order valence-electron chi connectivity index (χ4n) is 5.22. The van der Waals surface area contributed by atoms with E-state index in [-0.39, 0.29) is 31.9 Å². The fourth-order valence-corrected chi connectivity index (χ4v) is 7.50. The molecule has 8 nitrogen and oxygen atoms in total. The minimum atomic E-state index is -4.09. The second-order valence-electron chi connectivity index (χ2n) is 10.2. The number of hydrogen-bond donors (Lipinski definition) is 1. The summed E-state index contributed by atoms with van der Waals surface area (Å²) >= 11 is 1.60. The molecule has 0 saturated carbocycles. The summed E-state index contributed by atoms with van der Waals surface area (Å²) < 4.78 is 42.6. The molecule has 0 aliphatic carbocycles. The van der Waals surface area contributed by atoms with Crippen molar-refractivity contribution >= 4 is 48.4 Å². The third kappa shape index (κ3) is 5.63. The number of aryl methyl sites for hydroxylation is 2. The Morgan fingerprint density at radius 1 is 1.02 bits per heavy atom. The smallest absolute Gasteiger partial charge is 0.304 e. The lowest BCUT2D eigenvalue weighted by Crippen LogP contribution is -2.48. The Morgan fingerprint density at radius 3 is 2.52 bits per heavy atom. The van der Waals surface area contributed by atoms with E-state index >= 15 is 0 Å². The summed E-state index contributed by atoms with van der Waals surface area (Å²) in [5.41, 5.74) is 4.44. The molecule has 0 radical (unpaired) electrons. The topological polar surface area (TPSA) is 97.8 Å². The predicted molar refractivity (Wildman–Crippen MR) is 166 cm³/mol. The van der Waals surface area contributed by atoms with Crippen LogP contribution in [0.25, 0.3) is 31.6 Å². The zero-order chi connectivity index (χ0) is 29.3. The molecule has 10 heteroatoms. The maximum atomic E-state index is 13.9. The number of carbonyl (C=O) groups excluding carboxylic acids is 1. The van der Waals surface area contributed by atoms with Gasteiger partial charge in [-0.1, -0.05) is 54.6 Å². The normalized spacial score (nSPS) is 14.3. The van der Waals surface area contributed by atoms with Crippen LogP contribution in [0.4, 0.5) is 0 Å². The molecule has 0 unspecified atom stereocenters. The van der Waals surface area contributed by atoms with Crippen molar-refractivity contribution in [3.8, 4) is 16.3 Å². The third-order valence-corrected chi connectivity index (χ3v) is 10.3. The van der Waals surface area contributed by atoms with Gasteiger partial charge in [0.25, 0.3) is 5.91 Å². The van der Waals surface area contributed by atoms with Gasteiger partial charge in [-0.2, -0.15) is 12.7 Å². The van der Waals surface area contributed by atoms with E-state index < -0.39 is 16.1 Å². The lowest BCUT2D eigenvalue weighted by molar-refractivity contribution is 0.0719. The van der Waals surface area contributed by atoms with Crippen molar-refractivity contribution in [2.45, 2.75) is 20.3 Å². The van der Waals surface area contributed by atoms with Gasteiger partial charge >= 0.3 is 10.2 Å². The lowest BCUT2D eigenvalue weighted by Gasteiger charge is -2.26. The maximum Gasteiger partial charge on any atom is 0.304 e. The Balaban J connectivity index is 1.45. The van der Waals surface area contributed by atoms with Crippen molar-refractivity contribution in [2.75, 3.05) is 32.9 Å². The Morgan fingerprint density at radius 2 is 1.76 bits per heavy atom. The average Bonchev–Trinajstić information content (AvgIpc) is 3.35. The van der Waals surface area contributed by atoms with E-state index in [9.17, 15) is 13.2 Å². The largest absolute Gasteiger partial charge is 0.493 e. The number of carbonyl (C=O) groups is 1. The van der Waals surface area contributed by atoms with Crippen molar-refractivity contribution in [2.24, 2.45) is 0 Å². The van der Waals surface area contributed by atoms with Crippen molar-refractivity contribution in [3.05, 3.63) is 95.1 Å². The number of fused-ring (bicyclic) bond motifs is 2. The summed E-state index contributed by atoms with van der Waals surface area (Å²) in [6, 6.07) is 23.5. The van der Waals surface area contributed by atoms with Crippen LogP contribution in [0.1, 0.15) is 27.0 Å². The van der Waals surface area contributed by atoms with Crippen molar-refractivity contribution in [3.63, 3.8) is 0 Å². The van der Waals surface area contributed by atoms with E-state index in [1.807, 2.05) is 68.4 Å². The number of benzene rings is 3. The molecule has 1 saturated heterocycles. The van der Waals surface area contributed by atoms with Gasteiger partial charge in [-0.05, 0) is 54.1 Å². The van der Waals surface area contributed by atoms with Crippen LogP contribution in [0.15, 0.2) is 72.8 Å². The predicted octanol–water partition coefficient (Wildman–Crippen LogP) is 5.66. The Kier molecular flexibility index (Phi) is 7.96. The first kappa shape index (κ1) is 28.3. The monoisotopic (exact) mass is 601 g/mol. The molecule has 6 rings (SSSR count). The van der Waals surface area contributed by atoms with E-state index in [0.717, 1.165) is 31.7 Å². The van der Waals surface area contributed by atoms with Crippen molar-refractivity contribution < 1.29 is 22.7 Å². The molecule has 5 aromatic rings. The van der Waals surface area contributed by atoms with Gasteiger partial charge < -0.3 is 9.47 Å². The average molecular weight is 602 g/mol. The van der Waals surface area contributed by atoms with Gasteiger partial charge in [0.2, 0.25) is 0 Å². The fraction of sp³-hybridized carbons (Fsp3) is 0.250. The number of thiophene rings is 1. The van der Waals surface area contributed by atoms with Gasteiger partial charge in [-0.25, -0.2) is 9.71 Å². The molecule has 42 heavy (non-hydrogen) atoms. The van der Waals surface area contributed by atoms with Gasteiger partial charge in [0.1, 0.15) is 5.75 Å². The van der Waals surface area contributed by atoms with E-state index in [1.165, 1.54) is 4.31 Å². The molecule has 1 amide bonds. The highest BCUT2D eigenvalue weighted by Gasteiger charge is 2.29. The number of aromatic nitrogens is 1. The third-order valence-electron chi connectivity index (χ3n) is 7.47. The van der Waals surface area contributed by atoms with Crippen LogP contribution in [0, 0.1) is 13.8 Å². The Hall–Kier alpha value is -3.83. The summed E-state index contributed by atoms with van der Waals surface area (Å²) in [5.74, 6) is -0.250. The first-order chi connectivity index (χ1) is 20.3. The Bertz CT molecular complexity index is 1880. The molecule has 3 aromatic carbocycles. The number of amides is 1. The minimum Gasteiger partial charge on any atom is -0.493 e. The van der Waals surface area contributed by atoms with Gasteiger partial charge in [0, 0.05) is 24.2 Å². The van der Waals surface area contributed by atoms with E-state index in [2.05, 4.69) is 16.9 Å². The van der Waals surface area contributed by atoms with Gasteiger partial charge in [0.15, 0.2) is 0 Å². The summed E-state index contributed by atoms with van der Waals surface area (Å²) in [5, 5.41) is 1.61. The highest BCUT2D eigenvalue weighted by molar-refractivity contribution is 7.87. The molecule has 216 valence electrons. The van der Waals surface area contributed by atoms with Crippen LogP contribution < -0.4 is 9.46 Å². The number of nitrogens with one attached hydrogen (secondary N) is 1. The first-order valence-corrected chi connectivity index (χ1v) is 16.1. The molecule has 0 atom stereocenters. The van der Waals surface area contributed by atoms with Gasteiger partial charge in [-0.3, -0.25) is 4.79 Å². The zero-order valence-corrected chi connectivity index (χ0v) is 25.1. The van der Waals surface area contributed by atoms with Crippen LogP contribution in [-0.4, -0.2) is 56.5 Å². The molecule has 2 aromatic heterocycles. The van der Waals surface area contributed by atoms with Gasteiger partial charge in [-0.15, -0.1) is 11.3 Å². The van der Waals surface area contributed by atoms with Crippen LogP contribution in [0.2, 0.25) is 0 Å². The van der Waals surface area contributed by atoms with Crippen molar-refractivity contribution in [1.82, 2.24) is 14.0 Å². The molecule has 1 fully saturated rings. The standard InChI is InChI=1S/C32H31N3O5S2/c1-21-12-13-27(40-17-14-23-8-4-3-5-9-23)29-25(32(36)34-42(37,38)35-15-18-39-19-16-35)20-26(33-30(21)29)31-22(2)24-10-6-7-11-28(24)41-31/h3-13,20H,14-19H2,1-2H3,(H,34,36). The number of hydrogen-bond acceptors (Lipinski definition) is 7. The molecular formula is C32H31N3O5S2. The molecule has 1 N–H and O–H groups in total. The highest BCUT2D eigenvalue weighted by Crippen LogP contribution is 2.40. The van der Waals surface area contributed by atoms with E-state index in [4.69, 9.17) is 14.5 Å². The molecule has 1 aliphatic heterocycles. The number of rotatable bonds is 8. The van der Waals surface area contributed by atoms with Crippen LogP contribution in [0.3, 0.4) is 0 Å². The highest BCUT2D eigenvalue weighted by atomic mass is 32.2. The summed E-state index contributed by atoms with van der Waals surface area (Å²) in [6.07, 6.45) is 0.676. The minimum absolute atomic E-state index is 0.179. The molecule has 1 aliphatic rings. The second-order valence-corrected chi connectivity index (χ2v) is 13.0. The quantitative estimate of drug-likeness (QED) is 0.247. The van der Waals surface area contributed by atoms with Crippen LogP contribution in [-0.2, 0) is 21.4 Å². The van der Waals surface area contributed by atoms with Crippen LogP contribution >= 0.6 is 11.3 Å². The maximum absolute atomic E-state index is 13.9. The number of ether oxygens (including phenoxy) is 2. The Labute approximate surface area is 249 Å². The van der Waals surface area contributed by atoms with Crippen LogP contribution in [0.5, 0.6) is 5.75 Å². The van der Waals surface area contributed by atoms with Gasteiger partial charge in [0.05, 0.1) is 46.9 Å². The first-order valence-electron chi connectivity index (χ1n) is 13.8.